The number of rotatable bonds is 45. The summed E-state index contributed by atoms with van der Waals surface area (Å²) in [4.78, 5) is 235. The maximum absolute atomic E-state index is 15.4. The molecule has 2 heterocycles. The van der Waals surface area contributed by atoms with Crippen LogP contribution in [0.25, 0.3) is 0 Å². The first kappa shape index (κ1) is 106. The zero-order chi connectivity index (χ0) is 94.8. The van der Waals surface area contributed by atoms with Crippen LogP contribution in [-0.4, -0.2) is 230 Å². The Kier molecular flexibility index (Phi) is 44.0. The van der Waals surface area contributed by atoms with Gasteiger partial charge < -0.3 is 135 Å². The molecule has 1 aromatic heterocycles. The molecule has 0 saturated carbocycles. The largest absolute Gasteiger partial charge is 0.508 e. The van der Waals surface area contributed by atoms with Crippen LogP contribution in [0.15, 0.2) is 73.2 Å². The third-order valence-corrected chi connectivity index (χ3v) is 20.4. The quantitative estimate of drug-likeness (QED) is 0.0110. The number of benzene rings is 2. The molecule has 0 saturated heterocycles. The number of nitrogens with one attached hydrogen (secondary N) is 20. The van der Waals surface area contributed by atoms with E-state index in [-0.39, 0.29) is 164 Å². The molecule has 700 valence electrons. The van der Waals surface area contributed by atoms with Gasteiger partial charge in [0.1, 0.15) is 89.0 Å². The summed E-state index contributed by atoms with van der Waals surface area (Å²) < 4.78 is 0. The predicted octanol–water partition coefficient (Wildman–Crippen LogP) is -4.61. The number of aromatic nitrogens is 2. The number of allylic oxidation sites excluding steroid dienone is 2. The summed E-state index contributed by atoms with van der Waals surface area (Å²) in [6.07, 6.45) is 2.97. The lowest BCUT2D eigenvalue weighted by molar-refractivity contribution is -0.139. The number of phenols is 2. The smallest absolute Gasteiger partial charge is 0.246 e. The van der Waals surface area contributed by atoms with Gasteiger partial charge in [0.2, 0.25) is 94.5 Å². The third kappa shape index (κ3) is 39.4. The van der Waals surface area contributed by atoms with Crippen molar-refractivity contribution in [3.05, 3.63) is 90.0 Å². The Morgan fingerprint density at radius 2 is 0.898 bits per heavy atom. The van der Waals surface area contributed by atoms with Crippen LogP contribution in [0.2, 0.25) is 0 Å². The number of phenolic OH excluding ortho intramolecular Hbond substituents is 2. The van der Waals surface area contributed by atoms with Crippen molar-refractivity contribution in [2.24, 2.45) is 46.2 Å². The Labute approximate surface area is 736 Å². The van der Waals surface area contributed by atoms with Crippen molar-refractivity contribution in [3.63, 3.8) is 0 Å². The fourth-order valence-electron chi connectivity index (χ4n) is 13.5. The number of amides is 16. The molecule has 13 atom stereocenters. The highest BCUT2D eigenvalue weighted by atomic mass is 16.3. The monoisotopic (exact) mass is 1780 g/mol. The van der Waals surface area contributed by atoms with Gasteiger partial charge in [-0.25, -0.2) is 4.98 Å². The van der Waals surface area contributed by atoms with Crippen molar-refractivity contribution in [1.82, 2.24) is 95.0 Å². The fourth-order valence-corrected chi connectivity index (χ4v) is 13.5. The van der Waals surface area contributed by atoms with Gasteiger partial charge in [0.15, 0.2) is 17.9 Å². The minimum absolute atomic E-state index is 0.000840. The summed E-state index contributed by atoms with van der Waals surface area (Å²) in [5.74, 6) is -17.5. The van der Waals surface area contributed by atoms with Crippen LogP contribution in [0.3, 0.4) is 0 Å². The second-order valence-electron chi connectivity index (χ2n) is 32.7. The molecule has 127 heavy (non-hydrogen) atoms. The van der Waals surface area contributed by atoms with E-state index < -0.39 is 203 Å². The molecule has 34 N–H and O–H groups in total. The number of nitrogens with zero attached hydrogens (tertiary/aromatic N) is 1. The van der Waals surface area contributed by atoms with Crippen molar-refractivity contribution in [3.8, 4) is 11.5 Å². The van der Waals surface area contributed by atoms with Gasteiger partial charge in [-0.3, -0.25) is 92.9 Å². The first-order valence-corrected chi connectivity index (χ1v) is 42.0. The predicted molar refractivity (Wildman–Crippen MR) is 466 cm³/mol. The Balaban J connectivity index is 1.83. The zero-order valence-electron chi connectivity index (χ0n) is 73.0. The van der Waals surface area contributed by atoms with E-state index in [9.17, 15) is 63.0 Å². The van der Waals surface area contributed by atoms with E-state index in [1.807, 2.05) is 0 Å². The number of nitrogens with two attached hydrogens (primary N) is 6. The summed E-state index contributed by atoms with van der Waals surface area (Å²) in [7, 11) is 0. The van der Waals surface area contributed by atoms with Crippen LogP contribution >= 0.6 is 0 Å². The van der Waals surface area contributed by atoms with Crippen molar-refractivity contribution in [1.29, 1.82) is 16.2 Å². The molecule has 0 radical (unpaired) electrons. The lowest BCUT2D eigenvalue weighted by atomic mass is 9.91. The lowest BCUT2D eigenvalue weighted by Gasteiger charge is -2.34. The van der Waals surface area contributed by atoms with Gasteiger partial charge in [-0.05, 0) is 164 Å². The highest BCUT2D eigenvalue weighted by molar-refractivity contribution is 6.02. The number of guanidine groups is 3. The van der Waals surface area contributed by atoms with Crippen LogP contribution in [0, 0.1) is 28.1 Å². The SMILES string of the molecule is CC(=O)N[C@@H](C)C(=O)N[C@@H](CCCNC(=N)N)C(=O)N[C@@H](Cc1c[nH]cn1)C(=O)N[C@@H](Cc1ccc(O)cc1)C(=O)N[C@@]1(C)CCC/C=C\CCC[C@@](C)(C(=O)N[C@@H](CCCNC(=N)N)C(=O)N[C@@H](CCC(N)=O)C(=O)N[C@@H](CCCNC(=N)N)C(=O)N[C@@H](Cc2ccc(O)cc2)C(N)=O)NC(=O)[C@H](CC(C)C)NC(=O)[C@H](CC(C)C)NC(=O)[C@H](CC(N)=O)NC1=O. The van der Waals surface area contributed by atoms with Crippen LogP contribution < -0.4 is 119 Å². The van der Waals surface area contributed by atoms with Gasteiger partial charge in [-0.2, -0.15) is 0 Å². The molecule has 45 heteroatoms. The van der Waals surface area contributed by atoms with E-state index in [0.29, 0.717) is 11.1 Å². The van der Waals surface area contributed by atoms with Crippen LogP contribution in [0.1, 0.15) is 181 Å². The average Bonchev–Trinajstić information content (AvgIpc) is 1.44. The molecule has 2 aromatic carbocycles. The fraction of sp³-hybridized carbons (Fsp3) is 0.561. The van der Waals surface area contributed by atoms with Crippen LogP contribution in [-0.2, 0) is 96.0 Å². The summed E-state index contributed by atoms with van der Waals surface area (Å²) in [5, 5.41) is 85.3. The molecule has 45 nitrogen and oxygen atoms in total. The first-order valence-electron chi connectivity index (χ1n) is 42.0. The normalized spacial score (nSPS) is 19.2. The Hall–Kier alpha value is -13.7. The maximum Gasteiger partial charge on any atom is 0.246 e. The summed E-state index contributed by atoms with van der Waals surface area (Å²) in [5.41, 5.74) is 30.6. The number of carbonyl (C=O) groups is 16. The Morgan fingerprint density at radius 1 is 0.488 bits per heavy atom. The molecule has 0 bridgehead atoms. The number of aromatic amines is 1. The molecular weight excluding hydrogens is 1650 g/mol. The number of hydrogen-bond acceptors (Lipinski definition) is 22. The molecule has 3 aromatic rings. The molecule has 16 amide bonds. The molecule has 1 aliphatic rings. The van der Waals surface area contributed by atoms with Gasteiger partial charge in [0, 0.05) is 58.4 Å². The Bertz CT molecular complexity index is 4320. The van der Waals surface area contributed by atoms with Gasteiger partial charge >= 0.3 is 0 Å². The summed E-state index contributed by atoms with van der Waals surface area (Å²) in [6, 6.07) is -5.58. The maximum atomic E-state index is 15.4. The molecular formula is C82H129N27O18. The number of primary amides is 3. The molecule has 1 aliphatic heterocycles. The summed E-state index contributed by atoms with van der Waals surface area (Å²) in [6.45, 7) is 12.2. The molecule has 0 fully saturated rings. The molecule has 4 rings (SSSR count). The van der Waals surface area contributed by atoms with Crippen molar-refractivity contribution in [2.75, 3.05) is 19.6 Å². The number of H-pyrrole nitrogens is 1. The van der Waals surface area contributed by atoms with E-state index in [1.54, 1.807) is 39.8 Å². The molecule has 0 aliphatic carbocycles. The van der Waals surface area contributed by atoms with Gasteiger partial charge in [0.25, 0.3) is 0 Å². The minimum Gasteiger partial charge on any atom is -0.508 e. The van der Waals surface area contributed by atoms with E-state index in [2.05, 4.69) is 95.0 Å². The van der Waals surface area contributed by atoms with E-state index in [4.69, 9.17) is 50.6 Å². The topological polar surface area (TPSA) is 762 Å². The number of carbonyl (C=O) groups excluding carboxylic acids is 16. The van der Waals surface area contributed by atoms with Crippen molar-refractivity contribution < 1.29 is 86.9 Å². The number of hydrogen-bond donors (Lipinski definition) is 28. The van der Waals surface area contributed by atoms with E-state index in [0.717, 1.165) is 0 Å². The average molecular weight is 1780 g/mol. The van der Waals surface area contributed by atoms with Crippen molar-refractivity contribution in [2.45, 2.75) is 261 Å². The van der Waals surface area contributed by atoms with E-state index in [1.165, 1.54) is 88.8 Å². The highest BCUT2D eigenvalue weighted by Crippen LogP contribution is 2.23. The third-order valence-electron chi connectivity index (χ3n) is 20.4. The van der Waals surface area contributed by atoms with Crippen LogP contribution in [0.4, 0.5) is 0 Å². The van der Waals surface area contributed by atoms with E-state index >= 15 is 24.0 Å². The summed E-state index contributed by atoms with van der Waals surface area (Å²) >= 11 is 0. The Morgan fingerprint density at radius 3 is 1.33 bits per heavy atom. The number of imidazole rings is 1. The van der Waals surface area contributed by atoms with Gasteiger partial charge in [-0.1, -0.05) is 64.1 Å². The lowest BCUT2D eigenvalue weighted by Crippen LogP contribution is -2.65. The van der Waals surface area contributed by atoms with Gasteiger partial charge in [-0.15, -0.1) is 0 Å². The second kappa shape index (κ2) is 52.8. The van der Waals surface area contributed by atoms with Crippen LogP contribution in [0.5, 0.6) is 11.5 Å². The second-order valence-corrected chi connectivity index (χ2v) is 32.7. The minimum atomic E-state index is -2.10. The van der Waals surface area contributed by atoms with Crippen molar-refractivity contribution >= 4 is 112 Å². The zero-order valence-corrected chi connectivity index (χ0v) is 73.0. The number of aromatic hydroxyl groups is 2. The standard InChI is InChI=1S/C82H129N27O18/c1-44(2)36-58-71(121)103-59(37-45(3)4)74(124)108-81(7,76(126)106-55(20-17-35-95-80(90)91)69(119)100-56(29-30-63(83)113)70(120)99-54(19-16-34-94-79(88)89)67(117)101-57(65(85)115)38-48-21-25-51(111)26-22-48)31-13-11-9-10-12-14-32-82(8,77(127)107-62(41-64(84)114)73(123)102-58)109-75(125)60(39-49-23-27-52(112)28-24-49)104-72(122)61(40-50-42-92-43-96-50)105-68(118)53(18-15-33-93-78(86)87)98-66(116)46(5)97-47(6)110/h9-10,21-28,42-46,53-62,111-112H,11-20,29-41H2,1-8H3,(H2,83,113)(H2,84,114)(H2,85,115)(H,92,96)(H,97,110)(H,98,116)(H,99,120)(H,100,119)(H,101,117)(H,102,123)(H,103,121)(H,104,122)(H,105,118)(H,106,126)(H,107,127)(H,108,124)(H,109,125)(H4,86,87,93)(H4,88,89,94)(H4,90,91,95)/b10-9-/t46-,53-,54-,55-,56-,57-,58-,59-,60-,61-,62-,81-,82-/m0/s1. The first-order chi connectivity index (χ1) is 59.8. The molecule has 0 unspecified atom stereocenters. The molecule has 0 spiro atoms. The highest BCUT2D eigenvalue weighted by Gasteiger charge is 2.44. The van der Waals surface area contributed by atoms with Gasteiger partial charge in [0.05, 0.1) is 18.4 Å².